The van der Waals surface area contributed by atoms with Crippen LogP contribution in [0.3, 0.4) is 0 Å². The number of hydrogen-bond donors (Lipinski definition) is 0. The van der Waals surface area contributed by atoms with E-state index in [1.165, 1.54) is 0 Å². The van der Waals surface area contributed by atoms with Gasteiger partial charge >= 0.3 is 5.97 Å². The minimum atomic E-state index is -0.216. The van der Waals surface area contributed by atoms with Gasteiger partial charge in [-0.15, -0.1) is 0 Å². The van der Waals surface area contributed by atoms with Gasteiger partial charge in [-0.1, -0.05) is 26.0 Å². The zero-order chi connectivity index (χ0) is 15.4. The maximum absolute atomic E-state index is 12.0. The number of nitrogens with zero attached hydrogens (tertiary/aromatic N) is 3. The number of carbonyl (C=O) groups is 1. The van der Waals surface area contributed by atoms with Crippen LogP contribution >= 0.6 is 0 Å². The molecule has 0 spiro atoms. The van der Waals surface area contributed by atoms with Crippen LogP contribution in [-0.4, -0.2) is 41.1 Å². The fraction of sp³-hybridized carbons (Fsp3) is 0.500. The van der Waals surface area contributed by atoms with Gasteiger partial charge in [-0.05, 0) is 32.1 Å². The fourth-order valence-corrected chi connectivity index (χ4v) is 2.14. The van der Waals surface area contributed by atoms with Crippen LogP contribution in [0.25, 0.3) is 11.0 Å². The van der Waals surface area contributed by atoms with Crippen LogP contribution in [0.5, 0.6) is 0 Å². The molecule has 1 aromatic carbocycles. The SMILES string of the molecule is CC(C)COC(=O)Cn1c(CN(C)C)nc2ccccc21. The minimum absolute atomic E-state index is 0.205. The Morgan fingerprint density at radius 2 is 2.05 bits per heavy atom. The number of imidazole rings is 1. The molecule has 114 valence electrons. The molecule has 0 amide bonds. The molecule has 0 unspecified atom stereocenters. The van der Waals surface area contributed by atoms with Crippen LogP contribution in [0.2, 0.25) is 0 Å². The van der Waals surface area contributed by atoms with Crippen LogP contribution in [0.15, 0.2) is 24.3 Å². The molecule has 1 heterocycles. The summed E-state index contributed by atoms with van der Waals surface area (Å²) in [4.78, 5) is 18.7. The van der Waals surface area contributed by atoms with Gasteiger partial charge in [0.1, 0.15) is 12.4 Å². The van der Waals surface area contributed by atoms with Crippen molar-refractivity contribution in [3.8, 4) is 0 Å². The average molecular weight is 289 g/mol. The van der Waals surface area contributed by atoms with E-state index in [1.807, 2.05) is 61.7 Å². The van der Waals surface area contributed by atoms with Gasteiger partial charge in [0.15, 0.2) is 0 Å². The Morgan fingerprint density at radius 3 is 2.71 bits per heavy atom. The van der Waals surface area contributed by atoms with Crippen molar-refractivity contribution in [3.05, 3.63) is 30.1 Å². The lowest BCUT2D eigenvalue weighted by Crippen LogP contribution is -2.20. The van der Waals surface area contributed by atoms with E-state index in [2.05, 4.69) is 4.98 Å². The highest BCUT2D eigenvalue weighted by molar-refractivity contribution is 5.78. The molecule has 0 N–H and O–H groups in total. The summed E-state index contributed by atoms with van der Waals surface area (Å²) in [6.45, 7) is 5.39. The Labute approximate surface area is 125 Å². The summed E-state index contributed by atoms with van der Waals surface area (Å²) in [6, 6.07) is 7.86. The summed E-state index contributed by atoms with van der Waals surface area (Å²) in [5.41, 5.74) is 1.88. The van der Waals surface area contributed by atoms with E-state index in [0.29, 0.717) is 19.1 Å². The number of rotatable bonds is 6. The first-order valence-corrected chi connectivity index (χ1v) is 7.22. The molecule has 0 radical (unpaired) electrons. The van der Waals surface area contributed by atoms with Crippen molar-refractivity contribution in [2.24, 2.45) is 5.92 Å². The van der Waals surface area contributed by atoms with Gasteiger partial charge in [-0.2, -0.15) is 0 Å². The van der Waals surface area contributed by atoms with Gasteiger partial charge < -0.3 is 14.2 Å². The van der Waals surface area contributed by atoms with Crippen molar-refractivity contribution in [1.29, 1.82) is 0 Å². The van der Waals surface area contributed by atoms with Crippen molar-refractivity contribution in [3.63, 3.8) is 0 Å². The standard InChI is InChI=1S/C16H23N3O2/c1-12(2)11-21-16(20)10-19-14-8-6-5-7-13(14)17-15(19)9-18(3)4/h5-8,12H,9-11H2,1-4H3. The second-order valence-corrected chi connectivity index (χ2v) is 5.92. The van der Waals surface area contributed by atoms with E-state index in [0.717, 1.165) is 16.9 Å². The summed E-state index contributed by atoms with van der Waals surface area (Å²) < 4.78 is 7.23. The summed E-state index contributed by atoms with van der Waals surface area (Å²) in [6.07, 6.45) is 0. The lowest BCUT2D eigenvalue weighted by atomic mass is 10.2. The van der Waals surface area contributed by atoms with Crippen molar-refractivity contribution in [2.75, 3.05) is 20.7 Å². The van der Waals surface area contributed by atoms with Crippen molar-refractivity contribution < 1.29 is 9.53 Å². The molecule has 0 atom stereocenters. The first kappa shape index (κ1) is 15.5. The number of carbonyl (C=O) groups excluding carboxylic acids is 1. The van der Waals surface area contributed by atoms with Crippen molar-refractivity contribution >= 4 is 17.0 Å². The predicted octanol–water partition coefficient (Wildman–Crippen LogP) is 2.30. The highest BCUT2D eigenvalue weighted by Crippen LogP contribution is 2.17. The van der Waals surface area contributed by atoms with Crippen LogP contribution in [0, 0.1) is 5.92 Å². The highest BCUT2D eigenvalue weighted by atomic mass is 16.5. The topological polar surface area (TPSA) is 47.4 Å². The smallest absolute Gasteiger partial charge is 0.326 e. The van der Waals surface area contributed by atoms with E-state index < -0.39 is 0 Å². The molecule has 5 nitrogen and oxygen atoms in total. The van der Waals surface area contributed by atoms with E-state index in [4.69, 9.17) is 4.74 Å². The van der Waals surface area contributed by atoms with Crippen LogP contribution in [0.4, 0.5) is 0 Å². The van der Waals surface area contributed by atoms with Gasteiger partial charge in [-0.3, -0.25) is 4.79 Å². The van der Waals surface area contributed by atoms with E-state index in [1.54, 1.807) is 0 Å². The van der Waals surface area contributed by atoms with E-state index in [-0.39, 0.29) is 12.5 Å². The van der Waals surface area contributed by atoms with Crippen LogP contribution in [-0.2, 0) is 22.6 Å². The number of benzene rings is 1. The Kier molecular flexibility index (Phi) is 4.96. The van der Waals surface area contributed by atoms with Crippen LogP contribution in [0.1, 0.15) is 19.7 Å². The number of hydrogen-bond acceptors (Lipinski definition) is 4. The lowest BCUT2D eigenvalue weighted by molar-refractivity contribution is -0.145. The summed E-state index contributed by atoms with van der Waals surface area (Å²) >= 11 is 0. The molecule has 0 aliphatic rings. The van der Waals surface area contributed by atoms with Crippen molar-refractivity contribution in [1.82, 2.24) is 14.5 Å². The quantitative estimate of drug-likeness (QED) is 0.766. The number of ether oxygens (including phenoxy) is 1. The predicted molar refractivity (Wildman–Crippen MR) is 82.9 cm³/mol. The van der Waals surface area contributed by atoms with E-state index in [9.17, 15) is 4.79 Å². The molecule has 0 fully saturated rings. The van der Waals surface area contributed by atoms with Gasteiger partial charge in [-0.25, -0.2) is 4.98 Å². The molecule has 21 heavy (non-hydrogen) atoms. The number of esters is 1. The number of aromatic nitrogens is 2. The van der Waals surface area contributed by atoms with Gasteiger partial charge in [0.2, 0.25) is 0 Å². The Hall–Kier alpha value is -1.88. The molecule has 2 rings (SSSR count). The largest absolute Gasteiger partial charge is 0.464 e. The molecule has 5 heteroatoms. The molecule has 0 bridgehead atoms. The molecule has 2 aromatic rings. The van der Waals surface area contributed by atoms with Gasteiger partial charge in [0.25, 0.3) is 0 Å². The summed E-state index contributed by atoms with van der Waals surface area (Å²) in [7, 11) is 3.97. The third-order valence-electron chi connectivity index (χ3n) is 3.06. The molecule has 0 saturated carbocycles. The molecule has 0 aliphatic heterocycles. The monoisotopic (exact) mass is 289 g/mol. The van der Waals surface area contributed by atoms with Gasteiger partial charge in [0.05, 0.1) is 24.2 Å². The second kappa shape index (κ2) is 6.72. The molecular weight excluding hydrogens is 266 g/mol. The molecule has 1 aromatic heterocycles. The van der Waals surface area contributed by atoms with Crippen molar-refractivity contribution in [2.45, 2.75) is 26.9 Å². The molecular formula is C16H23N3O2. The first-order chi connectivity index (χ1) is 9.97. The number of para-hydroxylation sites is 2. The zero-order valence-electron chi connectivity index (χ0n) is 13.2. The Balaban J connectivity index is 2.25. The third kappa shape index (κ3) is 4.04. The molecule has 0 aliphatic carbocycles. The number of fused-ring (bicyclic) bond motifs is 1. The Bertz CT molecular complexity index is 617. The summed E-state index contributed by atoms with van der Waals surface area (Å²) in [5, 5.41) is 0. The van der Waals surface area contributed by atoms with Gasteiger partial charge in [0, 0.05) is 0 Å². The first-order valence-electron chi connectivity index (χ1n) is 7.22. The van der Waals surface area contributed by atoms with E-state index >= 15 is 0 Å². The zero-order valence-corrected chi connectivity index (χ0v) is 13.2. The fourth-order valence-electron chi connectivity index (χ4n) is 2.14. The molecule has 0 saturated heterocycles. The maximum Gasteiger partial charge on any atom is 0.326 e. The average Bonchev–Trinajstić information content (AvgIpc) is 2.74. The third-order valence-corrected chi connectivity index (χ3v) is 3.06. The lowest BCUT2D eigenvalue weighted by Gasteiger charge is -2.13. The highest BCUT2D eigenvalue weighted by Gasteiger charge is 2.15. The maximum atomic E-state index is 12.0. The normalized spacial score (nSPS) is 11.5. The van der Waals surface area contributed by atoms with Crippen LogP contribution < -0.4 is 0 Å². The summed E-state index contributed by atoms with van der Waals surface area (Å²) in [5.74, 6) is 1.00. The minimum Gasteiger partial charge on any atom is -0.464 e. The Morgan fingerprint density at radius 1 is 1.33 bits per heavy atom. The second-order valence-electron chi connectivity index (χ2n) is 5.92.